The van der Waals surface area contributed by atoms with Gasteiger partial charge >= 0.3 is 0 Å². The molecule has 2 unspecified atom stereocenters. The number of anilines is 2. The van der Waals surface area contributed by atoms with Gasteiger partial charge in [0.25, 0.3) is 0 Å². The van der Waals surface area contributed by atoms with Crippen LogP contribution >= 0.6 is 0 Å². The van der Waals surface area contributed by atoms with E-state index in [9.17, 15) is 9.59 Å². The molecule has 2 heterocycles. The SMILES string of the molecule is CCC(=O)N(c1cccc(CCC(=O)N(c2ccccc2)C2CCN(CCc3ccccc3)CC2)c1)C1CCN(CCc2ccccc2)CC1C. The lowest BCUT2D eigenvalue weighted by atomic mass is 9.91. The van der Waals surface area contributed by atoms with Crippen molar-refractivity contribution in [3.8, 4) is 0 Å². The lowest BCUT2D eigenvalue weighted by molar-refractivity contribution is -0.120. The fourth-order valence-corrected chi connectivity index (χ4v) is 8.14. The highest BCUT2D eigenvalue weighted by Crippen LogP contribution is 2.30. The number of nitrogens with zero attached hydrogens (tertiary/aromatic N) is 4. The van der Waals surface area contributed by atoms with Crippen molar-refractivity contribution in [2.24, 2.45) is 5.92 Å². The van der Waals surface area contributed by atoms with Gasteiger partial charge in [0.1, 0.15) is 0 Å². The molecule has 6 heteroatoms. The van der Waals surface area contributed by atoms with Crippen LogP contribution in [-0.2, 0) is 28.9 Å². The summed E-state index contributed by atoms with van der Waals surface area (Å²) in [7, 11) is 0. The number of likely N-dealkylation sites (tertiary alicyclic amines) is 2. The molecule has 268 valence electrons. The molecular weight excluding hydrogens is 629 g/mol. The third-order valence-electron chi connectivity index (χ3n) is 11.0. The molecule has 0 radical (unpaired) electrons. The Bertz CT molecular complexity index is 1660. The van der Waals surface area contributed by atoms with E-state index in [2.05, 4.69) is 124 Å². The number of hydrogen-bond acceptors (Lipinski definition) is 4. The Balaban J connectivity index is 1.07. The van der Waals surface area contributed by atoms with Crippen LogP contribution in [0.1, 0.15) is 62.6 Å². The van der Waals surface area contributed by atoms with Gasteiger partial charge in [-0.15, -0.1) is 0 Å². The van der Waals surface area contributed by atoms with Crippen LogP contribution in [0.4, 0.5) is 11.4 Å². The van der Waals surface area contributed by atoms with Gasteiger partial charge in [0.05, 0.1) is 0 Å². The molecule has 2 aliphatic rings. The first-order chi connectivity index (χ1) is 25.0. The number of hydrogen-bond donors (Lipinski definition) is 0. The molecule has 6 nitrogen and oxygen atoms in total. The van der Waals surface area contributed by atoms with Crippen molar-refractivity contribution < 1.29 is 9.59 Å². The standard InChI is InChI=1S/C45H56N4O2/c1-3-44(50)49(43-28-33-47(35-36(43)2)30-25-38-16-9-5-10-17-38)42-21-13-18-39(34-42)22-23-45(51)48(40-19-11-6-12-20-40)41-26-31-46(32-27-41)29-24-37-14-7-4-8-15-37/h4-21,34,36,41,43H,3,22-33,35H2,1-2H3. The molecule has 2 aliphatic heterocycles. The summed E-state index contributed by atoms with van der Waals surface area (Å²) in [6.07, 6.45) is 6.57. The molecule has 0 aromatic heterocycles. The highest BCUT2D eigenvalue weighted by Gasteiger charge is 2.34. The molecule has 2 amide bonds. The van der Waals surface area contributed by atoms with E-state index in [1.165, 1.54) is 11.1 Å². The van der Waals surface area contributed by atoms with Crippen LogP contribution < -0.4 is 9.80 Å². The fraction of sp³-hybridized carbons (Fsp3) is 0.422. The Morgan fingerprint density at radius 3 is 1.76 bits per heavy atom. The van der Waals surface area contributed by atoms with Crippen molar-refractivity contribution in [3.63, 3.8) is 0 Å². The summed E-state index contributed by atoms with van der Waals surface area (Å²) in [4.78, 5) is 36.9. The van der Waals surface area contributed by atoms with Crippen LogP contribution in [0.15, 0.2) is 115 Å². The Labute approximate surface area is 306 Å². The summed E-state index contributed by atoms with van der Waals surface area (Å²) in [5.41, 5.74) is 5.80. The lowest BCUT2D eigenvalue weighted by Crippen LogP contribution is -2.52. The fourth-order valence-electron chi connectivity index (χ4n) is 8.14. The molecule has 6 rings (SSSR count). The lowest BCUT2D eigenvalue weighted by Gasteiger charge is -2.43. The zero-order chi connectivity index (χ0) is 35.4. The Hall–Kier alpha value is -4.26. The number of carbonyl (C=O) groups excluding carboxylic acids is 2. The number of para-hydroxylation sites is 1. The molecule has 4 aromatic carbocycles. The van der Waals surface area contributed by atoms with Gasteiger partial charge in [0.2, 0.25) is 11.8 Å². The van der Waals surface area contributed by atoms with E-state index in [4.69, 9.17) is 0 Å². The van der Waals surface area contributed by atoms with Crippen LogP contribution in [0.2, 0.25) is 0 Å². The highest BCUT2D eigenvalue weighted by atomic mass is 16.2. The molecule has 51 heavy (non-hydrogen) atoms. The number of benzene rings is 4. The minimum Gasteiger partial charge on any atom is -0.309 e. The number of rotatable bonds is 14. The normalized spacial score (nSPS) is 18.7. The van der Waals surface area contributed by atoms with Gasteiger partial charge in [-0.1, -0.05) is 105 Å². The molecule has 2 fully saturated rings. The Morgan fingerprint density at radius 1 is 0.608 bits per heavy atom. The van der Waals surface area contributed by atoms with E-state index < -0.39 is 0 Å². The maximum absolute atomic E-state index is 14.1. The summed E-state index contributed by atoms with van der Waals surface area (Å²) in [6.45, 7) is 10.3. The first kappa shape index (κ1) is 36.5. The van der Waals surface area contributed by atoms with Crippen LogP contribution in [0.3, 0.4) is 0 Å². The molecular formula is C45H56N4O2. The van der Waals surface area contributed by atoms with Gasteiger partial charge in [-0.25, -0.2) is 0 Å². The minimum atomic E-state index is 0.162. The second-order valence-electron chi connectivity index (χ2n) is 14.6. The van der Waals surface area contributed by atoms with E-state index in [-0.39, 0.29) is 23.9 Å². The van der Waals surface area contributed by atoms with Gasteiger partial charge in [-0.2, -0.15) is 0 Å². The number of amides is 2. The molecule has 0 aliphatic carbocycles. The third-order valence-corrected chi connectivity index (χ3v) is 11.0. The predicted octanol–water partition coefficient (Wildman–Crippen LogP) is 8.06. The second-order valence-corrected chi connectivity index (χ2v) is 14.6. The maximum Gasteiger partial charge on any atom is 0.227 e. The maximum atomic E-state index is 14.1. The largest absolute Gasteiger partial charge is 0.309 e. The van der Waals surface area contributed by atoms with E-state index >= 15 is 0 Å². The first-order valence-electron chi connectivity index (χ1n) is 19.3. The smallest absolute Gasteiger partial charge is 0.227 e. The third kappa shape index (κ3) is 9.96. The van der Waals surface area contributed by atoms with Gasteiger partial charge in [0.15, 0.2) is 0 Å². The number of carbonyl (C=O) groups is 2. The van der Waals surface area contributed by atoms with Crippen LogP contribution in [-0.4, -0.2) is 73.0 Å². The summed E-state index contributed by atoms with van der Waals surface area (Å²) in [5.74, 6) is 0.704. The molecule has 4 aromatic rings. The second kappa shape index (κ2) is 18.3. The average Bonchev–Trinajstić information content (AvgIpc) is 3.18. The quantitative estimate of drug-likeness (QED) is 0.135. The van der Waals surface area contributed by atoms with Crippen molar-refractivity contribution in [1.29, 1.82) is 0 Å². The monoisotopic (exact) mass is 684 g/mol. The Morgan fingerprint density at radius 2 is 1.16 bits per heavy atom. The van der Waals surface area contributed by atoms with Crippen molar-refractivity contribution >= 4 is 23.2 Å². The van der Waals surface area contributed by atoms with E-state index in [0.29, 0.717) is 25.2 Å². The minimum absolute atomic E-state index is 0.162. The molecule has 0 N–H and O–H groups in total. The predicted molar refractivity (Wildman–Crippen MR) is 210 cm³/mol. The molecule has 0 spiro atoms. The van der Waals surface area contributed by atoms with Crippen LogP contribution in [0.25, 0.3) is 0 Å². The Kier molecular flexibility index (Phi) is 13.1. The van der Waals surface area contributed by atoms with Crippen molar-refractivity contribution in [2.45, 2.75) is 77.3 Å². The van der Waals surface area contributed by atoms with Crippen molar-refractivity contribution in [1.82, 2.24) is 9.80 Å². The van der Waals surface area contributed by atoms with E-state index in [1.807, 2.05) is 25.1 Å². The summed E-state index contributed by atoms with van der Waals surface area (Å²) >= 11 is 0. The first-order valence-corrected chi connectivity index (χ1v) is 19.3. The van der Waals surface area contributed by atoms with Crippen molar-refractivity contribution in [2.75, 3.05) is 49.1 Å². The average molecular weight is 685 g/mol. The van der Waals surface area contributed by atoms with Gasteiger partial charge < -0.3 is 19.6 Å². The number of piperidine rings is 2. The van der Waals surface area contributed by atoms with Gasteiger partial charge in [-0.05, 0) is 85.4 Å². The van der Waals surface area contributed by atoms with Crippen LogP contribution in [0.5, 0.6) is 0 Å². The zero-order valence-electron chi connectivity index (χ0n) is 30.7. The highest BCUT2D eigenvalue weighted by molar-refractivity contribution is 5.95. The topological polar surface area (TPSA) is 47.1 Å². The van der Waals surface area contributed by atoms with Crippen LogP contribution in [0, 0.1) is 5.92 Å². The summed E-state index contributed by atoms with van der Waals surface area (Å²) in [6, 6.07) is 40.4. The van der Waals surface area contributed by atoms with Gasteiger partial charge in [0, 0.05) is 75.6 Å². The molecule has 0 saturated carbocycles. The zero-order valence-corrected chi connectivity index (χ0v) is 30.7. The molecule has 2 saturated heterocycles. The van der Waals surface area contributed by atoms with E-state index in [0.717, 1.165) is 88.3 Å². The molecule has 0 bridgehead atoms. The molecule has 2 atom stereocenters. The van der Waals surface area contributed by atoms with E-state index in [1.54, 1.807) is 0 Å². The van der Waals surface area contributed by atoms with Gasteiger partial charge in [-0.3, -0.25) is 9.59 Å². The summed E-state index contributed by atoms with van der Waals surface area (Å²) in [5, 5.41) is 0. The summed E-state index contributed by atoms with van der Waals surface area (Å²) < 4.78 is 0. The number of aryl methyl sites for hydroxylation is 1. The van der Waals surface area contributed by atoms with Crippen molar-refractivity contribution in [3.05, 3.63) is 132 Å².